The number of nitrogens with one attached hydrogen (secondary N) is 3. The quantitative estimate of drug-likeness (QED) is 0.190. The van der Waals surface area contributed by atoms with E-state index >= 15 is 0 Å². The largest absolute Gasteiger partial charge is 0.508 e. The highest BCUT2D eigenvalue weighted by Gasteiger charge is 2.32. The number of rotatable bonds is 13. The van der Waals surface area contributed by atoms with Crippen molar-refractivity contribution in [2.24, 2.45) is 11.7 Å². The molecule has 2 aromatic carbocycles. The van der Waals surface area contributed by atoms with Gasteiger partial charge >= 0.3 is 5.97 Å². The second kappa shape index (κ2) is 14.1. The third-order valence-corrected chi connectivity index (χ3v) is 5.98. The number of carbonyl (C=O) groups is 4. The summed E-state index contributed by atoms with van der Waals surface area (Å²) in [6.07, 6.45) is -1.12. The molecular formula is C27H36N4O7. The summed E-state index contributed by atoms with van der Waals surface area (Å²) in [5, 5.41) is 36.5. The first kappa shape index (κ1) is 30.3. The lowest BCUT2D eigenvalue weighted by Gasteiger charge is -2.27. The zero-order valence-electron chi connectivity index (χ0n) is 21.6. The molecule has 0 bridgehead atoms. The molecule has 2 aromatic rings. The summed E-state index contributed by atoms with van der Waals surface area (Å²) >= 11 is 0. The summed E-state index contributed by atoms with van der Waals surface area (Å²) < 4.78 is 0. The summed E-state index contributed by atoms with van der Waals surface area (Å²) in [6.45, 7) is 4.72. The predicted octanol–water partition coefficient (Wildman–Crippen LogP) is 0.0805. The molecule has 5 unspecified atom stereocenters. The first-order valence-corrected chi connectivity index (χ1v) is 12.3. The highest BCUT2D eigenvalue weighted by molar-refractivity contribution is 5.94. The molecular weight excluding hydrogens is 492 g/mol. The smallest absolute Gasteiger partial charge is 0.326 e. The molecule has 0 aliphatic rings. The van der Waals surface area contributed by atoms with Crippen molar-refractivity contribution in [1.29, 1.82) is 0 Å². The number of aliphatic hydroxyl groups is 1. The zero-order valence-corrected chi connectivity index (χ0v) is 21.6. The summed E-state index contributed by atoms with van der Waals surface area (Å²) in [4.78, 5) is 50.8. The van der Waals surface area contributed by atoms with E-state index in [1.807, 2.05) is 0 Å². The highest BCUT2D eigenvalue weighted by Crippen LogP contribution is 2.13. The van der Waals surface area contributed by atoms with Crippen molar-refractivity contribution in [3.8, 4) is 5.75 Å². The van der Waals surface area contributed by atoms with Gasteiger partial charge in [0.15, 0.2) is 0 Å². The van der Waals surface area contributed by atoms with Crippen LogP contribution in [0.4, 0.5) is 0 Å². The molecule has 8 N–H and O–H groups in total. The molecule has 0 aromatic heterocycles. The Bertz CT molecular complexity index is 1090. The van der Waals surface area contributed by atoms with Gasteiger partial charge in [-0.3, -0.25) is 14.4 Å². The van der Waals surface area contributed by atoms with Gasteiger partial charge in [0.25, 0.3) is 0 Å². The van der Waals surface area contributed by atoms with E-state index in [0.29, 0.717) is 11.1 Å². The number of hydrogen-bond donors (Lipinski definition) is 7. The summed E-state index contributed by atoms with van der Waals surface area (Å²) in [5.74, 6) is -3.77. The Morgan fingerprint density at radius 1 is 0.763 bits per heavy atom. The average molecular weight is 529 g/mol. The Morgan fingerprint density at radius 3 is 1.82 bits per heavy atom. The fourth-order valence-electron chi connectivity index (χ4n) is 3.66. The van der Waals surface area contributed by atoms with Gasteiger partial charge in [-0.05, 0) is 36.1 Å². The molecule has 0 saturated heterocycles. The Kier molecular flexibility index (Phi) is 11.2. The predicted molar refractivity (Wildman–Crippen MR) is 140 cm³/mol. The zero-order chi connectivity index (χ0) is 28.4. The maximum Gasteiger partial charge on any atom is 0.326 e. The second-order valence-corrected chi connectivity index (χ2v) is 9.52. The lowest BCUT2D eigenvalue weighted by atomic mass is 9.99. The first-order valence-electron chi connectivity index (χ1n) is 12.3. The number of hydrogen-bond acceptors (Lipinski definition) is 7. The monoisotopic (exact) mass is 528 g/mol. The van der Waals surface area contributed by atoms with E-state index in [0.717, 1.165) is 0 Å². The fourth-order valence-corrected chi connectivity index (χ4v) is 3.66. The van der Waals surface area contributed by atoms with Crippen molar-refractivity contribution in [2.45, 2.75) is 63.9 Å². The molecule has 206 valence electrons. The normalized spacial score (nSPS) is 15.0. The van der Waals surface area contributed by atoms with Crippen LogP contribution in [0.3, 0.4) is 0 Å². The topological polar surface area (TPSA) is 191 Å². The molecule has 0 aliphatic carbocycles. The van der Waals surface area contributed by atoms with Gasteiger partial charge in [-0.1, -0.05) is 56.3 Å². The lowest BCUT2D eigenvalue weighted by Crippen LogP contribution is -2.59. The number of aromatic hydroxyl groups is 1. The van der Waals surface area contributed by atoms with E-state index in [1.54, 1.807) is 56.3 Å². The molecule has 0 radical (unpaired) electrons. The van der Waals surface area contributed by atoms with Crippen LogP contribution in [0.25, 0.3) is 0 Å². The standard InChI is InChI=1S/C27H36N4O7/c1-15(2)23(31-25(35)22(28)16(3)32)26(36)29-20(13-18-9-11-19(33)12-10-18)24(34)30-21(27(37)38)14-17-7-5-4-6-8-17/h4-12,15-16,20-23,32-33H,13-14,28H2,1-3H3,(H,29,36)(H,30,34)(H,31,35)(H,37,38). The maximum absolute atomic E-state index is 13.3. The van der Waals surface area contributed by atoms with E-state index in [1.165, 1.54) is 19.1 Å². The third-order valence-electron chi connectivity index (χ3n) is 5.98. The maximum atomic E-state index is 13.3. The van der Waals surface area contributed by atoms with Crippen LogP contribution in [-0.2, 0) is 32.0 Å². The van der Waals surface area contributed by atoms with Crippen LogP contribution in [0.2, 0.25) is 0 Å². The van der Waals surface area contributed by atoms with Crippen molar-refractivity contribution in [3.63, 3.8) is 0 Å². The number of carboxylic acids is 1. The first-order chi connectivity index (χ1) is 17.9. The molecule has 0 spiro atoms. The molecule has 0 fully saturated rings. The Morgan fingerprint density at radius 2 is 1.29 bits per heavy atom. The van der Waals surface area contributed by atoms with Crippen molar-refractivity contribution in [2.75, 3.05) is 0 Å². The molecule has 3 amide bonds. The van der Waals surface area contributed by atoms with E-state index < -0.39 is 59.9 Å². The van der Waals surface area contributed by atoms with E-state index in [9.17, 15) is 34.5 Å². The number of aliphatic carboxylic acids is 1. The second-order valence-electron chi connectivity index (χ2n) is 9.52. The van der Waals surface area contributed by atoms with Gasteiger partial charge in [-0.2, -0.15) is 0 Å². The minimum atomic E-state index is -1.26. The number of carbonyl (C=O) groups excluding carboxylic acids is 3. The van der Waals surface area contributed by atoms with Crippen LogP contribution >= 0.6 is 0 Å². The third kappa shape index (κ3) is 9.16. The van der Waals surface area contributed by atoms with Crippen LogP contribution in [0, 0.1) is 5.92 Å². The van der Waals surface area contributed by atoms with Gasteiger partial charge < -0.3 is 37.0 Å². The number of nitrogens with two attached hydrogens (primary N) is 1. The number of carboxylic acid groups (broad SMARTS) is 1. The minimum Gasteiger partial charge on any atom is -0.508 e. The van der Waals surface area contributed by atoms with Crippen molar-refractivity contribution < 1.29 is 34.5 Å². The molecule has 38 heavy (non-hydrogen) atoms. The van der Waals surface area contributed by atoms with E-state index in [-0.39, 0.29) is 18.6 Å². The van der Waals surface area contributed by atoms with Crippen LogP contribution in [0.5, 0.6) is 5.75 Å². The molecule has 5 atom stereocenters. The molecule has 0 heterocycles. The number of phenols is 1. The van der Waals surface area contributed by atoms with Crippen molar-refractivity contribution in [3.05, 3.63) is 65.7 Å². The molecule has 11 nitrogen and oxygen atoms in total. The van der Waals surface area contributed by atoms with Crippen LogP contribution < -0.4 is 21.7 Å². The van der Waals surface area contributed by atoms with E-state index in [2.05, 4.69) is 16.0 Å². The Hall–Kier alpha value is -3.96. The number of phenolic OH excluding ortho intramolecular Hbond substituents is 1. The van der Waals surface area contributed by atoms with Gasteiger partial charge in [0.05, 0.1) is 6.10 Å². The van der Waals surface area contributed by atoms with Crippen molar-refractivity contribution >= 4 is 23.7 Å². The summed E-state index contributed by atoms with van der Waals surface area (Å²) in [7, 11) is 0. The highest BCUT2D eigenvalue weighted by atomic mass is 16.4. The SMILES string of the molecule is CC(C)C(NC(=O)C(N)C(C)O)C(=O)NC(Cc1ccc(O)cc1)C(=O)NC(Cc1ccccc1)C(=O)O. The summed E-state index contributed by atoms with van der Waals surface area (Å²) in [6, 6.07) is 10.00. The van der Waals surface area contributed by atoms with Crippen LogP contribution in [-0.4, -0.2) is 69.3 Å². The number of benzene rings is 2. The van der Waals surface area contributed by atoms with Crippen LogP contribution in [0.1, 0.15) is 31.9 Å². The molecule has 0 aliphatic heterocycles. The van der Waals surface area contributed by atoms with Gasteiger partial charge in [0.1, 0.15) is 29.9 Å². The van der Waals surface area contributed by atoms with Gasteiger partial charge in [0.2, 0.25) is 17.7 Å². The minimum absolute atomic E-state index is 0.0124. The lowest BCUT2D eigenvalue weighted by molar-refractivity contribution is -0.142. The average Bonchev–Trinajstić information content (AvgIpc) is 2.87. The van der Waals surface area contributed by atoms with Gasteiger partial charge in [0, 0.05) is 12.8 Å². The summed E-state index contributed by atoms with van der Waals surface area (Å²) in [5.41, 5.74) is 6.99. The van der Waals surface area contributed by atoms with Gasteiger partial charge in [-0.15, -0.1) is 0 Å². The number of amides is 3. The molecule has 11 heteroatoms. The fraction of sp³-hybridized carbons (Fsp3) is 0.407. The number of aliphatic hydroxyl groups excluding tert-OH is 1. The van der Waals surface area contributed by atoms with Crippen molar-refractivity contribution in [1.82, 2.24) is 16.0 Å². The Balaban J connectivity index is 2.26. The van der Waals surface area contributed by atoms with Gasteiger partial charge in [-0.25, -0.2) is 4.79 Å². The Labute approximate surface area is 221 Å². The molecule has 0 saturated carbocycles. The van der Waals surface area contributed by atoms with Crippen LogP contribution in [0.15, 0.2) is 54.6 Å². The van der Waals surface area contributed by atoms with E-state index in [4.69, 9.17) is 5.73 Å². The molecule has 2 rings (SSSR count).